The number of nitrogens with one attached hydrogen (secondary N) is 8. The number of hydrazine groups is 6. The molecule has 1 aromatic heterocycles. The normalized spacial score (nSPS) is 22.6. The van der Waals surface area contributed by atoms with Crippen molar-refractivity contribution in [2.24, 2.45) is 32.9 Å². The number of aliphatic imine (C=N–C) groups is 2. The number of nitrogens with two attached hydrogens (primary N) is 4. The average Bonchev–Trinajstić information content (AvgIpc) is 3.30. The van der Waals surface area contributed by atoms with Crippen LogP contribution in [0, 0.1) is 0 Å². The third-order valence-electron chi connectivity index (χ3n) is 11.9. The van der Waals surface area contributed by atoms with E-state index < -0.39 is 16.9 Å². The Morgan fingerprint density at radius 1 is 0.862 bits per heavy atom. The molecule has 2 unspecified atom stereocenters. The standard InChI is InChI=1S/C38H69Cl2N23O2/c1-4-6-14-58(15-7-5-2)16-8-13-46-38-54-34(24-9-17-60(18-10-24)62-26(33(44)64)30(41)51-32(43)28(62)39)53-35(55-38)25-11-19-61(20-12-25)63-27-31(42)52-36(29(63)40)47-21-48-57-50-23-59(37(27)65)22-49-56-45-3/h24-25,28-29,45,48-50,56-57H,4-23,41-42H2,1-3H3,(H2,43,51)(H2,44,64)(H,47,52)(H,46,53,54,55). The molecule has 0 spiro atoms. The lowest BCUT2D eigenvalue weighted by atomic mass is 9.94. The molecule has 7 rings (SSSR count). The first-order chi connectivity index (χ1) is 31.4. The Hall–Kier alpha value is -4.41. The Balaban J connectivity index is 1.21. The van der Waals surface area contributed by atoms with Gasteiger partial charge in [0.2, 0.25) is 5.95 Å². The topological polar surface area (TPSA) is 317 Å². The molecule has 2 fully saturated rings. The molecule has 7 heterocycles. The molecule has 27 heteroatoms. The van der Waals surface area contributed by atoms with Crippen LogP contribution >= 0.6 is 23.2 Å². The Kier molecular flexibility index (Phi) is 18.8. The van der Waals surface area contributed by atoms with E-state index in [1.165, 1.54) is 30.6 Å². The summed E-state index contributed by atoms with van der Waals surface area (Å²) in [5, 5.41) is 13.9. The molecular formula is C38H69Cl2N23O2. The molecule has 0 aromatic carbocycles. The summed E-state index contributed by atoms with van der Waals surface area (Å²) in [5.74, 6) is 1.35. The highest BCUT2D eigenvalue weighted by molar-refractivity contribution is 6.32. The zero-order valence-electron chi connectivity index (χ0n) is 37.8. The molecule has 0 saturated carbocycles. The van der Waals surface area contributed by atoms with Gasteiger partial charge in [0.25, 0.3) is 11.8 Å². The van der Waals surface area contributed by atoms with Crippen LogP contribution in [0.1, 0.15) is 95.1 Å². The zero-order chi connectivity index (χ0) is 46.5. The number of piperidine rings is 2. The van der Waals surface area contributed by atoms with E-state index in [1.807, 2.05) is 5.01 Å². The summed E-state index contributed by atoms with van der Waals surface area (Å²) < 4.78 is 0. The zero-order valence-corrected chi connectivity index (χ0v) is 39.3. The largest absolute Gasteiger partial charge is 0.384 e. The quantitative estimate of drug-likeness (QED) is 0.0296. The molecule has 6 aliphatic heterocycles. The molecule has 362 valence electrons. The minimum Gasteiger partial charge on any atom is -0.384 e. The van der Waals surface area contributed by atoms with E-state index in [9.17, 15) is 9.59 Å². The van der Waals surface area contributed by atoms with E-state index in [1.54, 1.807) is 17.1 Å². The molecule has 25 nitrogen and oxygen atoms in total. The number of unbranched alkanes of at least 4 members (excludes halogenated alkanes) is 2. The van der Waals surface area contributed by atoms with Crippen LogP contribution in [0.3, 0.4) is 0 Å². The molecule has 16 N–H and O–H groups in total. The number of carbonyl (C=O) groups is 2. The number of amides is 2. The summed E-state index contributed by atoms with van der Waals surface area (Å²) in [6.07, 6.45) is 8.27. The first-order valence-corrected chi connectivity index (χ1v) is 23.5. The van der Waals surface area contributed by atoms with Crippen LogP contribution < -0.4 is 66.3 Å². The lowest BCUT2D eigenvalue weighted by Crippen LogP contribution is -2.63. The van der Waals surface area contributed by atoms with E-state index in [-0.39, 0.29) is 66.6 Å². The van der Waals surface area contributed by atoms with E-state index >= 15 is 0 Å². The molecule has 0 radical (unpaired) electrons. The molecule has 1 aromatic rings. The summed E-state index contributed by atoms with van der Waals surface area (Å²) in [6.45, 7) is 10.8. The second-order valence-corrected chi connectivity index (χ2v) is 17.3. The van der Waals surface area contributed by atoms with Crippen molar-refractivity contribution in [2.75, 3.05) is 84.7 Å². The minimum absolute atomic E-state index is 0.0111. The van der Waals surface area contributed by atoms with Crippen LogP contribution in [0.25, 0.3) is 0 Å². The number of rotatable bonds is 20. The van der Waals surface area contributed by atoms with Gasteiger partial charge in [-0.25, -0.2) is 41.7 Å². The van der Waals surface area contributed by atoms with Crippen molar-refractivity contribution in [3.05, 3.63) is 34.7 Å². The third-order valence-corrected chi connectivity index (χ3v) is 12.7. The number of primary amides is 1. The molecule has 0 aliphatic carbocycles. The van der Waals surface area contributed by atoms with Crippen molar-refractivity contribution in [3.63, 3.8) is 0 Å². The van der Waals surface area contributed by atoms with Gasteiger partial charge in [0, 0.05) is 44.6 Å². The van der Waals surface area contributed by atoms with Crippen molar-refractivity contribution in [1.82, 2.24) is 82.9 Å². The van der Waals surface area contributed by atoms with E-state index in [0.29, 0.717) is 81.8 Å². The van der Waals surface area contributed by atoms with Gasteiger partial charge in [0.1, 0.15) is 35.8 Å². The highest BCUT2D eigenvalue weighted by Gasteiger charge is 2.42. The summed E-state index contributed by atoms with van der Waals surface area (Å²) in [4.78, 5) is 54.7. The SMILES string of the molecule is CCCCN(CCCC)CCCNc1nc(C2CCN(N3C(C(N)=O)=C(N)N=C(N)C3Cl)CC2)nc(C2CCN(N3C4=C(N)NC(=NCNNNCN(CNNNC)C4=O)C3Cl)CC2)n1. The number of amidine groups is 2. The monoisotopic (exact) mass is 950 g/mol. The molecule has 2 atom stereocenters. The van der Waals surface area contributed by atoms with Crippen LogP contribution in [-0.4, -0.2) is 159 Å². The molecular weight excluding hydrogens is 881 g/mol. The summed E-state index contributed by atoms with van der Waals surface area (Å²) >= 11 is 13.8. The van der Waals surface area contributed by atoms with Gasteiger partial charge in [0.15, 0.2) is 28.2 Å². The van der Waals surface area contributed by atoms with Crippen molar-refractivity contribution in [1.29, 1.82) is 0 Å². The second-order valence-electron chi connectivity index (χ2n) is 16.4. The van der Waals surface area contributed by atoms with Crippen LogP contribution in [0.2, 0.25) is 0 Å². The summed E-state index contributed by atoms with van der Waals surface area (Å²) in [7, 11) is 1.71. The van der Waals surface area contributed by atoms with Crippen molar-refractivity contribution >= 4 is 52.6 Å². The van der Waals surface area contributed by atoms with Gasteiger partial charge in [-0.3, -0.25) is 24.6 Å². The number of anilines is 1. The maximum Gasteiger partial charge on any atom is 0.277 e. The Morgan fingerprint density at radius 2 is 1.48 bits per heavy atom. The van der Waals surface area contributed by atoms with Gasteiger partial charge in [-0.2, -0.15) is 21.0 Å². The van der Waals surface area contributed by atoms with Gasteiger partial charge in [-0.1, -0.05) is 49.9 Å². The third kappa shape index (κ3) is 12.7. The fourth-order valence-electron chi connectivity index (χ4n) is 8.42. The smallest absolute Gasteiger partial charge is 0.277 e. The number of carbonyl (C=O) groups excluding carboxylic acids is 2. The first kappa shape index (κ1) is 50.0. The molecule has 2 amide bonds. The number of fused-ring (bicyclic) bond motifs is 9. The van der Waals surface area contributed by atoms with Crippen molar-refractivity contribution in [3.8, 4) is 0 Å². The molecule has 2 bridgehead atoms. The van der Waals surface area contributed by atoms with Crippen molar-refractivity contribution < 1.29 is 9.59 Å². The van der Waals surface area contributed by atoms with E-state index in [4.69, 9.17) is 61.1 Å². The minimum atomic E-state index is -0.921. The fraction of sp³-hybridized carbons (Fsp3) is 0.711. The molecule has 6 aliphatic rings. The number of nitrogens with zero attached hydrogens (tertiary/aromatic N) is 11. The Bertz CT molecular complexity index is 1880. The Morgan fingerprint density at radius 3 is 2.08 bits per heavy atom. The van der Waals surface area contributed by atoms with Crippen molar-refractivity contribution in [2.45, 2.75) is 94.5 Å². The average molecular weight is 951 g/mol. The van der Waals surface area contributed by atoms with Gasteiger partial charge in [-0.15, -0.1) is 0 Å². The molecule has 65 heavy (non-hydrogen) atoms. The highest BCUT2D eigenvalue weighted by Crippen LogP contribution is 2.35. The van der Waals surface area contributed by atoms with Gasteiger partial charge >= 0.3 is 0 Å². The van der Waals surface area contributed by atoms with Gasteiger partial charge in [-0.05, 0) is 71.6 Å². The van der Waals surface area contributed by atoms with Gasteiger partial charge in [0.05, 0.1) is 13.3 Å². The molecule has 2 saturated heterocycles. The first-order valence-electron chi connectivity index (χ1n) is 22.6. The lowest BCUT2D eigenvalue weighted by Gasteiger charge is -2.46. The number of hydrogen-bond acceptors (Lipinski definition) is 23. The van der Waals surface area contributed by atoms with E-state index in [2.05, 4.69) is 77.1 Å². The van der Waals surface area contributed by atoms with Crippen LogP contribution in [0.4, 0.5) is 5.95 Å². The number of aromatic nitrogens is 3. The maximum atomic E-state index is 14.3. The van der Waals surface area contributed by atoms with Crippen LogP contribution in [-0.2, 0) is 9.59 Å². The van der Waals surface area contributed by atoms with Crippen LogP contribution in [0.5, 0.6) is 0 Å². The number of hydrogen-bond donors (Lipinski definition) is 12. The predicted octanol–water partition coefficient (Wildman–Crippen LogP) is -1.85. The Labute approximate surface area is 390 Å². The summed E-state index contributed by atoms with van der Waals surface area (Å²) in [6, 6.07) is 0. The fourth-order valence-corrected chi connectivity index (χ4v) is 9.03. The number of alkyl halides is 2. The highest BCUT2D eigenvalue weighted by atomic mass is 35.5. The van der Waals surface area contributed by atoms with Crippen LogP contribution in [0.15, 0.2) is 33.0 Å². The summed E-state index contributed by atoms with van der Waals surface area (Å²) in [5.41, 5.74) is 40.3. The second kappa shape index (κ2) is 24.4. The lowest BCUT2D eigenvalue weighted by molar-refractivity contribution is -0.134. The van der Waals surface area contributed by atoms with Gasteiger partial charge < -0.3 is 43.4 Å². The van der Waals surface area contributed by atoms with E-state index in [0.717, 1.165) is 26.1 Å². The number of halogens is 2. The maximum absolute atomic E-state index is 14.3. The predicted molar refractivity (Wildman–Crippen MR) is 249 cm³/mol.